The van der Waals surface area contributed by atoms with E-state index in [0.29, 0.717) is 6.61 Å². The quantitative estimate of drug-likeness (QED) is 0.906. The summed E-state index contributed by atoms with van der Waals surface area (Å²) in [6.07, 6.45) is 0. The molecule has 3 nitrogen and oxygen atoms in total. The lowest BCUT2D eigenvalue weighted by atomic mass is 10.1. The molecule has 1 aromatic heterocycles. The van der Waals surface area contributed by atoms with Crippen LogP contribution in [0.1, 0.15) is 16.1 Å². The number of ether oxygens (including phenoxy) is 1. The number of aliphatic hydroxyl groups excluding tert-OH is 1. The van der Waals surface area contributed by atoms with Gasteiger partial charge in [-0.05, 0) is 13.0 Å². The predicted octanol–water partition coefficient (Wildman–Crippen LogP) is 2.76. The summed E-state index contributed by atoms with van der Waals surface area (Å²) < 4.78 is 5.08. The lowest BCUT2D eigenvalue weighted by molar-refractivity contribution is 0.179. The fourth-order valence-corrected chi connectivity index (χ4v) is 2.58. The first-order valence-corrected chi connectivity index (χ1v) is 6.21. The second kappa shape index (κ2) is 5.40. The van der Waals surface area contributed by atoms with Crippen LogP contribution in [0.4, 0.5) is 0 Å². The minimum atomic E-state index is 0.0160. The minimum absolute atomic E-state index is 0.0160. The topological polar surface area (TPSA) is 42.4 Å². The van der Waals surface area contributed by atoms with Crippen LogP contribution in [0, 0.1) is 6.92 Å². The van der Waals surface area contributed by atoms with Crippen LogP contribution in [0.2, 0.25) is 0 Å². The molecule has 2 rings (SSSR count). The molecule has 1 N–H and O–H groups in total. The fourth-order valence-electron chi connectivity index (χ4n) is 1.66. The standard InChI is InChI=1S/C13H15NO2S/c1-9-4-3-5-10(6-9)13-14-11(8-16-2)12(7-15)17-13/h3-6,15H,7-8H2,1-2H3. The summed E-state index contributed by atoms with van der Waals surface area (Å²) in [4.78, 5) is 5.39. The number of benzene rings is 1. The number of hydrogen-bond acceptors (Lipinski definition) is 4. The van der Waals surface area contributed by atoms with Crippen molar-refractivity contribution in [3.8, 4) is 10.6 Å². The van der Waals surface area contributed by atoms with E-state index in [0.717, 1.165) is 21.1 Å². The molecule has 1 heterocycles. The lowest BCUT2D eigenvalue weighted by Gasteiger charge is -1.97. The molecule has 1 aromatic carbocycles. The van der Waals surface area contributed by atoms with Gasteiger partial charge in [0.05, 0.1) is 23.8 Å². The number of nitrogens with zero attached hydrogens (tertiary/aromatic N) is 1. The maximum absolute atomic E-state index is 9.27. The Morgan fingerprint density at radius 1 is 1.41 bits per heavy atom. The summed E-state index contributed by atoms with van der Waals surface area (Å²) in [5, 5.41) is 10.2. The van der Waals surface area contributed by atoms with E-state index >= 15 is 0 Å². The molecule has 17 heavy (non-hydrogen) atoms. The molecular formula is C13H15NO2S. The highest BCUT2D eigenvalue weighted by Crippen LogP contribution is 2.29. The zero-order valence-electron chi connectivity index (χ0n) is 9.93. The first-order chi connectivity index (χ1) is 8.24. The van der Waals surface area contributed by atoms with E-state index in [1.165, 1.54) is 16.9 Å². The SMILES string of the molecule is COCc1nc(-c2cccc(C)c2)sc1CO. The van der Waals surface area contributed by atoms with Gasteiger partial charge in [0.15, 0.2) is 0 Å². The lowest BCUT2D eigenvalue weighted by Crippen LogP contribution is -1.92. The zero-order chi connectivity index (χ0) is 12.3. The summed E-state index contributed by atoms with van der Waals surface area (Å²) in [7, 11) is 1.63. The van der Waals surface area contributed by atoms with Gasteiger partial charge < -0.3 is 9.84 Å². The summed E-state index contributed by atoms with van der Waals surface area (Å²) >= 11 is 1.52. The Kier molecular flexibility index (Phi) is 3.89. The molecular weight excluding hydrogens is 234 g/mol. The van der Waals surface area contributed by atoms with Crippen molar-refractivity contribution in [3.05, 3.63) is 40.4 Å². The highest BCUT2D eigenvalue weighted by molar-refractivity contribution is 7.15. The second-order valence-corrected chi connectivity index (χ2v) is 4.93. The van der Waals surface area contributed by atoms with Crippen LogP contribution in [0.3, 0.4) is 0 Å². The third kappa shape index (κ3) is 2.72. The number of aryl methyl sites for hydroxylation is 1. The molecule has 0 spiro atoms. The van der Waals surface area contributed by atoms with Gasteiger partial charge in [-0.15, -0.1) is 11.3 Å². The van der Waals surface area contributed by atoms with Crippen molar-refractivity contribution in [2.75, 3.05) is 7.11 Å². The van der Waals surface area contributed by atoms with Crippen LogP contribution in [0.15, 0.2) is 24.3 Å². The Morgan fingerprint density at radius 3 is 2.88 bits per heavy atom. The van der Waals surface area contributed by atoms with E-state index in [1.807, 2.05) is 12.1 Å². The maximum atomic E-state index is 9.27. The largest absolute Gasteiger partial charge is 0.391 e. The van der Waals surface area contributed by atoms with Crippen molar-refractivity contribution in [2.45, 2.75) is 20.1 Å². The molecule has 0 unspecified atom stereocenters. The van der Waals surface area contributed by atoms with Gasteiger partial charge in [-0.1, -0.05) is 23.8 Å². The van der Waals surface area contributed by atoms with Gasteiger partial charge in [-0.3, -0.25) is 0 Å². The van der Waals surface area contributed by atoms with Gasteiger partial charge in [-0.25, -0.2) is 4.98 Å². The Balaban J connectivity index is 2.39. The van der Waals surface area contributed by atoms with Crippen molar-refractivity contribution < 1.29 is 9.84 Å². The maximum Gasteiger partial charge on any atom is 0.124 e. The Bertz CT molecular complexity index is 508. The molecule has 0 fully saturated rings. The van der Waals surface area contributed by atoms with Crippen LogP contribution in [-0.2, 0) is 18.0 Å². The van der Waals surface area contributed by atoms with Gasteiger partial charge in [0.1, 0.15) is 5.01 Å². The normalized spacial score (nSPS) is 10.8. The van der Waals surface area contributed by atoms with Crippen LogP contribution < -0.4 is 0 Å². The smallest absolute Gasteiger partial charge is 0.124 e. The minimum Gasteiger partial charge on any atom is -0.391 e. The summed E-state index contributed by atoms with van der Waals surface area (Å²) in [5.74, 6) is 0. The number of aliphatic hydroxyl groups is 1. The van der Waals surface area contributed by atoms with E-state index < -0.39 is 0 Å². The van der Waals surface area contributed by atoms with E-state index in [2.05, 4.69) is 24.0 Å². The molecule has 0 aliphatic heterocycles. The first kappa shape index (κ1) is 12.2. The molecule has 0 atom stereocenters. The summed E-state index contributed by atoms with van der Waals surface area (Å²) in [6.45, 7) is 2.51. The number of hydrogen-bond donors (Lipinski definition) is 1. The summed E-state index contributed by atoms with van der Waals surface area (Å²) in [5.41, 5.74) is 3.13. The highest BCUT2D eigenvalue weighted by atomic mass is 32.1. The predicted molar refractivity (Wildman–Crippen MR) is 68.9 cm³/mol. The van der Waals surface area contributed by atoms with Gasteiger partial charge in [0.2, 0.25) is 0 Å². The molecule has 4 heteroatoms. The first-order valence-electron chi connectivity index (χ1n) is 5.40. The number of aromatic nitrogens is 1. The van der Waals surface area contributed by atoms with Gasteiger partial charge >= 0.3 is 0 Å². The number of thiazole rings is 1. The molecule has 0 saturated carbocycles. The van der Waals surface area contributed by atoms with E-state index in [1.54, 1.807) is 7.11 Å². The third-order valence-corrected chi connectivity index (χ3v) is 3.60. The van der Waals surface area contributed by atoms with Crippen molar-refractivity contribution >= 4 is 11.3 Å². The molecule has 0 aliphatic carbocycles. The van der Waals surface area contributed by atoms with Crippen LogP contribution >= 0.6 is 11.3 Å². The highest BCUT2D eigenvalue weighted by Gasteiger charge is 2.11. The second-order valence-electron chi connectivity index (χ2n) is 3.85. The van der Waals surface area contributed by atoms with E-state index in [9.17, 15) is 5.11 Å². The van der Waals surface area contributed by atoms with Crippen LogP contribution in [-0.4, -0.2) is 17.2 Å². The van der Waals surface area contributed by atoms with E-state index in [-0.39, 0.29) is 6.61 Å². The molecule has 0 amide bonds. The Morgan fingerprint density at radius 2 is 2.24 bits per heavy atom. The van der Waals surface area contributed by atoms with Crippen molar-refractivity contribution in [1.29, 1.82) is 0 Å². The third-order valence-electron chi connectivity index (χ3n) is 2.47. The zero-order valence-corrected chi connectivity index (χ0v) is 10.8. The number of rotatable bonds is 4. The van der Waals surface area contributed by atoms with E-state index in [4.69, 9.17) is 4.74 Å². The van der Waals surface area contributed by atoms with Crippen molar-refractivity contribution in [3.63, 3.8) is 0 Å². The van der Waals surface area contributed by atoms with Crippen LogP contribution in [0.25, 0.3) is 10.6 Å². The molecule has 0 radical (unpaired) electrons. The molecule has 0 bridgehead atoms. The Labute approximate surface area is 105 Å². The Hall–Kier alpha value is -1.23. The van der Waals surface area contributed by atoms with Gasteiger partial charge in [-0.2, -0.15) is 0 Å². The van der Waals surface area contributed by atoms with Gasteiger partial charge in [0, 0.05) is 12.7 Å². The van der Waals surface area contributed by atoms with Crippen molar-refractivity contribution in [2.24, 2.45) is 0 Å². The number of methoxy groups -OCH3 is 1. The average molecular weight is 249 g/mol. The molecule has 0 saturated heterocycles. The molecule has 90 valence electrons. The van der Waals surface area contributed by atoms with Gasteiger partial charge in [0.25, 0.3) is 0 Å². The molecule has 0 aliphatic rings. The monoisotopic (exact) mass is 249 g/mol. The summed E-state index contributed by atoms with van der Waals surface area (Å²) in [6, 6.07) is 8.20. The van der Waals surface area contributed by atoms with Crippen molar-refractivity contribution in [1.82, 2.24) is 4.98 Å². The van der Waals surface area contributed by atoms with Crippen LogP contribution in [0.5, 0.6) is 0 Å². The average Bonchev–Trinajstić information content (AvgIpc) is 2.73. The fraction of sp³-hybridized carbons (Fsp3) is 0.308. The molecule has 2 aromatic rings.